The van der Waals surface area contributed by atoms with Gasteiger partial charge in [0.1, 0.15) is 4.90 Å². The topological polar surface area (TPSA) is 70.4 Å². The van der Waals surface area contributed by atoms with Gasteiger partial charge in [0.05, 0.1) is 22.3 Å². The van der Waals surface area contributed by atoms with Crippen molar-refractivity contribution in [1.29, 1.82) is 5.26 Å². The third-order valence-electron chi connectivity index (χ3n) is 3.79. The summed E-state index contributed by atoms with van der Waals surface area (Å²) in [5, 5.41) is 9.05. The number of rotatable bonds is 3. The zero-order valence-electron chi connectivity index (χ0n) is 12.0. The van der Waals surface area contributed by atoms with E-state index in [0.29, 0.717) is 6.54 Å². The van der Waals surface area contributed by atoms with Crippen molar-refractivity contribution >= 4 is 21.6 Å². The van der Waals surface area contributed by atoms with E-state index in [0.717, 1.165) is 12.8 Å². The second-order valence-electron chi connectivity index (χ2n) is 5.35. The summed E-state index contributed by atoms with van der Waals surface area (Å²) >= 11 is 6.02. The number of halogens is 1. The van der Waals surface area contributed by atoms with Crippen LogP contribution < -0.4 is 0 Å². The first-order chi connectivity index (χ1) is 9.82. The number of nitriles is 1. The zero-order valence-corrected chi connectivity index (χ0v) is 13.5. The van der Waals surface area contributed by atoms with Crippen LogP contribution in [0.2, 0.25) is 5.02 Å². The van der Waals surface area contributed by atoms with Gasteiger partial charge in [-0.05, 0) is 38.0 Å². The van der Waals surface area contributed by atoms with Gasteiger partial charge in [0.25, 0.3) is 0 Å². The highest BCUT2D eigenvalue weighted by molar-refractivity contribution is 7.89. The van der Waals surface area contributed by atoms with Gasteiger partial charge in [-0.1, -0.05) is 11.6 Å². The van der Waals surface area contributed by atoms with E-state index in [2.05, 4.69) is 0 Å². The molecule has 114 valence electrons. The molecule has 5 nitrogen and oxygen atoms in total. The molecular weight excluding hydrogens is 312 g/mol. The van der Waals surface area contributed by atoms with Crippen molar-refractivity contribution in [3.05, 3.63) is 28.8 Å². The van der Waals surface area contributed by atoms with Crippen molar-refractivity contribution < 1.29 is 13.2 Å². The lowest BCUT2D eigenvalue weighted by molar-refractivity contribution is -0.0319. The molecule has 21 heavy (non-hydrogen) atoms. The molecule has 1 aliphatic heterocycles. The van der Waals surface area contributed by atoms with Crippen molar-refractivity contribution in [3.8, 4) is 6.07 Å². The molecule has 1 saturated heterocycles. The number of piperidine rings is 1. The molecule has 1 heterocycles. The van der Waals surface area contributed by atoms with Crippen LogP contribution in [0.5, 0.6) is 0 Å². The van der Waals surface area contributed by atoms with Gasteiger partial charge in [0.15, 0.2) is 0 Å². The van der Waals surface area contributed by atoms with Crippen molar-refractivity contribution in [2.75, 3.05) is 20.2 Å². The minimum atomic E-state index is -3.74. The van der Waals surface area contributed by atoms with Crippen LogP contribution >= 0.6 is 11.6 Å². The van der Waals surface area contributed by atoms with Gasteiger partial charge >= 0.3 is 0 Å². The van der Waals surface area contributed by atoms with Crippen LogP contribution in [0.3, 0.4) is 0 Å². The Morgan fingerprint density at radius 2 is 2.19 bits per heavy atom. The molecule has 1 aliphatic rings. The summed E-state index contributed by atoms with van der Waals surface area (Å²) in [6.07, 6.45) is 1.53. The summed E-state index contributed by atoms with van der Waals surface area (Å²) in [6, 6.07) is 6.18. The molecule has 0 N–H and O–H groups in total. The Morgan fingerprint density at radius 3 is 2.81 bits per heavy atom. The van der Waals surface area contributed by atoms with Crippen molar-refractivity contribution in [3.63, 3.8) is 0 Å². The van der Waals surface area contributed by atoms with Crippen molar-refractivity contribution in [2.24, 2.45) is 0 Å². The minimum absolute atomic E-state index is 0.0245. The summed E-state index contributed by atoms with van der Waals surface area (Å²) in [5.41, 5.74) is -0.227. The standard InChI is InChI=1S/C14H17ClN2O3S/c1-14(20-2)6-3-7-17(10-14)21(18,19)13-8-11(9-16)4-5-12(13)15/h4-5,8H,3,6-7,10H2,1-2H3. The predicted octanol–water partition coefficient (Wildman–Crippen LogP) is 2.40. The number of methoxy groups -OCH3 is 1. The first kappa shape index (κ1) is 16.2. The third kappa shape index (κ3) is 3.22. The molecule has 0 aromatic heterocycles. The lowest BCUT2D eigenvalue weighted by Gasteiger charge is -2.38. The Labute approximate surface area is 130 Å². The van der Waals surface area contributed by atoms with Crippen LogP contribution in [0.4, 0.5) is 0 Å². The molecule has 0 aliphatic carbocycles. The molecule has 1 fully saturated rings. The number of hydrogen-bond acceptors (Lipinski definition) is 4. The molecule has 0 spiro atoms. The second kappa shape index (κ2) is 5.93. The quantitative estimate of drug-likeness (QED) is 0.854. The molecule has 1 aromatic rings. The summed E-state index contributed by atoms with van der Waals surface area (Å²) in [4.78, 5) is -0.0245. The number of benzene rings is 1. The molecule has 1 unspecified atom stereocenters. The van der Waals surface area contributed by atoms with E-state index < -0.39 is 15.6 Å². The lowest BCUT2D eigenvalue weighted by Crippen LogP contribution is -2.49. The van der Waals surface area contributed by atoms with E-state index >= 15 is 0 Å². The fraction of sp³-hybridized carbons (Fsp3) is 0.500. The molecule has 0 amide bonds. The Morgan fingerprint density at radius 1 is 1.48 bits per heavy atom. The van der Waals surface area contributed by atoms with Crippen molar-refractivity contribution in [2.45, 2.75) is 30.3 Å². The van der Waals surface area contributed by atoms with Crippen LogP contribution in [0.25, 0.3) is 0 Å². The summed E-state index contributed by atoms with van der Waals surface area (Å²) in [6.45, 7) is 2.59. The molecule has 0 radical (unpaired) electrons. The first-order valence-corrected chi connectivity index (χ1v) is 8.39. The fourth-order valence-electron chi connectivity index (χ4n) is 2.44. The first-order valence-electron chi connectivity index (χ1n) is 6.57. The average Bonchev–Trinajstić information content (AvgIpc) is 2.47. The molecule has 0 bridgehead atoms. The van der Waals surface area contributed by atoms with Gasteiger partial charge in [-0.25, -0.2) is 8.42 Å². The van der Waals surface area contributed by atoms with E-state index in [4.69, 9.17) is 21.6 Å². The predicted molar refractivity (Wildman–Crippen MR) is 79.6 cm³/mol. The van der Waals surface area contributed by atoms with Gasteiger partial charge in [-0.15, -0.1) is 0 Å². The highest BCUT2D eigenvalue weighted by Crippen LogP contribution is 2.31. The van der Waals surface area contributed by atoms with E-state index in [-0.39, 0.29) is 22.0 Å². The van der Waals surface area contributed by atoms with Gasteiger partial charge < -0.3 is 4.74 Å². The Kier molecular flexibility index (Phi) is 4.59. The zero-order chi connectivity index (χ0) is 15.7. The normalized spacial score (nSPS) is 23.7. The molecule has 1 atom stereocenters. The van der Waals surface area contributed by atoms with E-state index in [1.54, 1.807) is 7.11 Å². The molecule has 7 heteroatoms. The monoisotopic (exact) mass is 328 g/mol. The second-order valence-corrected chi connectivity index (χ2v) is 7.67. The number of ether oxygens (including phenoxy) is 1. The Bertz CT molecular complexity index is 684. The maximum absolute atomic E-state index is 12.8. The number of sulfonamides is 1. The maximum atomic E-state index is 12.8. The van der Waals surface area contributed by atoms with Crippen LogP contribution in [-0.4, -0.2) is 38.5 Å². The van der Waals surface area contributed by atoms with Crippen LogP contribution in [0.1, 0.15) is 25.3 Å². The van der Waals surface area contributed by atoms with Crippen molar-refractivity contribution in [1.82, 2.24) is 4.31 Å². The maximum Gasteiger partial charge on any atom is 0.244 e. The molecule has 0 saturated carbocycles. The largest absolute Gasteiger partial charge is 0.377 e. The highest BCUT2D eigenvalue weighted by Gasteiger charge is 2.37. The van der Waals surface area contributed by atoms with Gasteiger partial charge in [-0.3, -0.25) is 0 Å². The molecule has 1 aromatic carbocycles. The summed E-state index contributed by atoms with van der Waals surface area (Å²) in [5.74, 6) is 0. The Balaban J connectivity index is 2.41. The fourth-order valence-corrected chi connectivity index (χ4v) is 4.53. The van der Waals surface area contributed by atoms with Crippen LogP contribution in [0, 0.1) is 11.3 Å². The molecule has 2 rings (SSSR count). The van der Waals surface area contributed by atoms with Gasteiger partial charge in [0.2, 0.25) is 10.0 Å². The number of nitrogens with zero attached hydrogens (tertiary/aromatic N) is 2. The average molecular weight is 329 g/mol. The minimum Gasteiger partial charge on any atom is -0.377 e. The van der Waals surface area contributed by atoms with E-state index in [1.165, 1.54) is 22.5 Å². The van der Waals surface area contributed by atoms with E-state index in [9.17, 15) is 8.42 Å². The van der Waals surface area contributed by atoms with E-state index in [1.807, 2.05) is 13.0 Å². The summed E-state index contributed by atoms with van der Waals surface area (Å²) < 4.78 is 32.3. The highest BCUT2D eigenvalue weighted by atomic mass is 35.5. The Hall–Kier alpha value is -1.13. The van der Waals surface area contributed by atoms with Gasteiger partial charge in [0, 0.05) is 20.2 Å². The number of hydrogen-bond donors (Lipinski definition) is 0. The van der Waals surface area contributed by atoms with Crippen LogP contribution in [0.15, 0.2) is 23.1 Å². The SMILES string of the molecule is COC1(C)CCCN(S(=O)(=O)c2cc(C#N)ccc2Cl)C1. The lowest BCUT2D eigenvalue weighted by atomic mass is 9.96. The molecular formula is C14H17ClN2O3S. The summed E-state index contributed by atoms with van der Waals surface area (Å²) in [7, 11) is -2.15. The smallest absolute Gasteiger partial charge is 0.244 e. The van der Waals surface area contributed by atoms with Gasteiger partial charge in [-0.2, -0.15) is 9.57 Å². The van der Waals surface area contributed by atoms with Crippen LogP contribution in [-0.2, 0) is 14.8 Å². The third-order valence-corrected chi connectivity index (χ3v) is 6.12.